The van der Waals surface area contributed by atoms with Crippen LogP contribution in [0.4, 0.5) is 5.82 Å². The summed E-state index contributed by atoms with van der Waals surface area (Å²) in [5.74, 6) is 2.43. The first-order chi connectivity index (χ1) is 10.1. The molecular formula is C17H28ClN3. The van der Waals surface area contributed by atoms with Gasteiger partial charge in [-0.15, -0.1) is 0 Å². The smallest absolute Gasteiger partial charge is 0.147 e. The van der Waals surface area contributed by atoms with E-state index in [1.165, 1.54) is 19.3 Å². The van der Waals surface area contributed by atoms with Gasteiger partial charge < -0.3 is 10.2 Å². The van der Waals surface area contributed by atoms with Crippen molar-refractivity contribution in [1.82, 2.24) is 10.3 Å². The maximum Gasteiger partial charge on any atom is 0.147 e. The monoisotopic (exact) mass is 309 g/mol. The van der Waals surface area contributed by atoms with Crippen molar-refractivity contribution in [3.05, 3.63) is 22.8 Å². The first-order valence-electron chi connectivity index (χ1n) is 8.16. The van der Waals surface area contributed by atoms with E-state index in [9.17, 15) is 0 Å². The summed E-state index contributed by atoms with van der Waals surface area (Å²) >= 11 is 6.46. The molecule has 1 N–H and O–H groups in total. The van der Waals surface area contributed by atoms with Gasteiger partial charge in [-0.05, 0) is 49.3 Å². The molecule has 1 aliphatic heterocycles. The molecule has 4 heteroatoms. The van der Waals surface area contributed by atoms with Crippen molar-refractivity contribution in [2.45, 2.75) is 46.6 Å². The maximum absolute atomic E-state index is 6.46. The number of nitrogens with zero attached hydrogens (tertiary/aromatic N) is 2. The van der Waals surface area contributed by atoms with Gasteiger partial charge in [-0.3, -0.25) is 0 Å². The molecule has 0 amide bonds. The highest BCUT2D eigenvalue weighted by molar-refractivity contribution is 6.33. The van der Waals surface area contributed by atoms with Crippen LogP contribution in [-0.4, -0.2) is 24.6 Å². The summed E-state index contributed by atoms with van der Waals surface area (Å²) in [5.41, 5.74) is 1.16. The summed E-state index contributed by atoms with van der Waals surface area (Å²) < 4.78 is 0. The Morgan fingerprint density at radius 2 is 2.19 bits per heavy atom. The fourth-order valence-corrected chi connectivity index (χ4v) is 3.09. The minimum atomic E-state index is 0.659. The summed E-state index contributed by atoms with van der Waals surface area (Å²) in [6.07, 6.45) is 5.74. The number of anilines is 1. The van der Waals surface area contributed by atoms with E-state index in [-0.39, 0.29) is 0 Å². The third kappa shape index (κ3) is 5.15. The first kappa shape index (κ1) is 16.6. The van der Waals surface area contributed by atoms with Crippen molar-refractivity contribution >= 4 is 17.4 Å². The van der Waals surface area contributed by atoms with Gasteiger partial charge in [0.15, 0.2) is 0 Å². The van der Waals surface area contributed by atoms with Gasteiger partial charge in [0.25, 0.3) is 0 Å². The van der Waals surface area contributed by atoms with Crippen LogP contribution < -0.4 is 10.2 Å². The van der Waals surface area contributed by atoms with Crippen molar-refractivity contribution in [3.8, 4) is 0 Å². The third-order valence-corrected chi connectivity index (χ3v) is 4.35. The average Bonchev–Trinajstić information content (AvgIpc) is 2.63. The van der Waals surface area contributed by atoms with Gasteiger partial charge >= 0.3 is 0 Å². The number of rotatable bonds is 5. The van der Waals surface area contributed by atoms with Crippen LogP contribution >= 0.6 is 11.6 Å². The predicted molar refractivity (Wildman–Crippen MR) is 91.0 cm³/mol. The van der Waals surface area contributed by atoms with Crippen molar-refractivity contribution in [2.75, 3.05) is 24.5 Å². The van der Waals surface area contributed by atoms with Crippen LogP contribution in [0.15, 0.2) is 12.3 Å². The lowest BCUT2D eigenvalue weighted by atomic mass is 10.0. The molecule has 0 aliphatic carbocycles. The highest BCUT2D eigenvalue weighted by Gasteiger charge is 2.17. The van der Waals surface area contributed by atoms with Crippen LogP contribution in [0.25, 0.3) is 0 Å². The van der Waals surface area contributed by atoms with Crippen LogP contribution in [0.3, 0.4) is 0 Å². The largest absolute Gasteiger partial charge is 0.355 e. The number of nitrogens with one attached hydrogen (secondary N) is 1. The number of hydrogen-bond donors (Lipinski definition) is 1. The summed E-state index contributed by atoms with van der Waals surface area (Å²) in [6, 6.07) is 2.06. The molecule has 1 fully saturated rings. The molecule has 21 heavy (non-hydrogen) atoms. The van der Waals surface area contributed by atoms with Crippen LogP contribution in [0, 0.1) is 11.8 Å². The summed E-state index contributed by atoms with van der Waals surface area (Å²) in [5, 5.41) is 4.22. The van der Waals surface area contributed by atoms with Crippen molar-refractivity contribution < 1.29 is 0 Å². The topological polar surface area (TPSA) is 28.2 Å². The van der Waals surface area contributed by atoms with Gasteiger partial charge in [-0.1, -0.05) is 32.4 Å². The fraction of sp³-hybridized carbons (Fsp3) is 0.706. The number of hydrogen-bond acceptors (Lipinski definition) is 3. The summed E-state index contributed by atoms with van der Waals surface area (Å²) in [6.45, 7) is 10.7. The molecule has 0 radical (unpaired) electrons. The van der Waals surface area contributed by atoms with Crippen LogP contribution in [-0.2, 0) is 6.54 Å². The SMILES string of the molecule is CC(C)CNCc1cnc(N2CCCC(C)CC2)c(Cl)c1. The quantitative estimate of drug-likeness (QED) is 0.887. The van der Waals surface area contributed by atoms with E-state index >= 15 is 0 Å². The zero-order valence-corrected chi connectivity index (χ0v) is 14.3. The van der Waals surface area contributed by atoms with E-state index in [1.807, 2.05) is 6.20 Å². The number of aromatic nitrogens is 1. The highest BCUT2D eigenvalue weighted by Crippen LogP contribution is 2.27. The molecule has 1 saturated heterocycles. The van der Waals surface area contributed by atoms with Crippen molar-refractivity contribution in [1.29, 1.82) is 0 Å². The Bertz CT molecular complexity index is 448. The van der Waals surface area contributed by atoms with E-state index < -0.39 is 0 Å². The highest BCUT2D eigenvalue weighted by atomic mass is 35.5. The van der Waals surface area contributed by atoms with Gasteiger partial charge in [0.1, 0.15) is 5.82 Å². The Labute approximate surface area is 134 Å². The standard InChI is InChI=1S/C17H28ClN3/c1-13(2)10-19-11-15-9-16(18)17(20-12-15)21-7-4-5-14(3)6-8-21/h9,12-14,19H,4-8,10-11H2,1-3H3. The minimum Gasteiger partial charge on any atom is -0.355 e. The molecule has 1 unspecified atom stereocenters. The molecule has 2 rings (SSSR count). The molecule has 0 spiro atoms. The fourth-order valence-electron chi connectivity index (χ4n) is 2.78. The molecule has 3 nitrogen and oxygen atoms in total. The normalized spacial score (nSPS) is 19.9. The van der Waals surface area contributed by atoms with E-state index in [1.54, 1.807) is 0 Å². The molecule has 1 aromatic rings. The van der Waals surface area contributed by atoms with Gasteiger partial charge in [-0.2, -0.15) is 0 Å². The van der Waals surface area contributed by atoms with Crippen LogP contribution in [0.5, 0.6) is 0 Å². The molecule has 1 aromatic heterocycles. The lowest BCUT2D eigenvalue weighted by Crippen LogP contribution is -2.25. The zero-order valence-electron chi connectivity index (χ0n) is 13.5. The zero-order chi connectivity index (χ0) is 15.2. The Kier molecular flexibility index (Phi) is 6.31. The second kappa shape index (κ2) is 8.00. The van der Waals surface area contributed by atoms with Gasteiger partial charge in [-0.25, -0.2) is 4.98 Å². The van der Waals surface area contributed by atoms with Crippen molar-refractivity contribution in [3.63, 3.8) is 0 Å². The third-order valence-electron chi connectivity index (χ3n) is 4.08. The Hall–Kier alpha value is -0.800. The molecule has 0 bridgehead atoms. The summed E-state index contributed by atoms with van der Waals surface area (Å²) in [7, 11) is 0. The Morgan fingerprint density at radius 1 is 1.38 bits per heavy atom. The molecule has 118 valence electrons. The predicted octanol–water partition coefficient (Wildman–Crippen LogP) is 4.11. The second-order valence-electron chi connectivity index (χ2n) is 6.70. The lowest BCUT2D eigenvalue weighted by Gasteiger charge is -2.23. The lowest BCUT2D eigenvalue weighted by molar-refractivity contribution is 0.521. The van der Waals surface area contributed by atoms with Crippen LogP contribution in [0.2, 0.25) is 5.02 Å². The van der Waals surface area contributed by atoms with E-state index in [4.69, 9.17) is 11.6 Å². The van der Waals surface area contributed by atoms with Gasteiger partial charge in [0.05, 0.1) is 5.02 Å². The second-order valence-corrected chi connectivity index (χ2v) is 7.10. The molecule has 1 aliphatic rings. The molecular weight excluding hydrogens is 282 g/mol. The van der Waals surface area contributed by atoms with E-state index in [0.29, 0.717) is 5.92 Å². The molecule has 2 heterocycles. The molecule has 0 saturated carbocycles. The molecule has 0 aromatic carbocycles. The van der Waals surface area contributed by atoms with E-state index in [0.717, 1.165) is 48.5 Å². The van der Waals surface area contributed by atoms with Gasteiger partial charge in [0.2, 0.25) is 0 Å². The summed E-state index contributed by atoms with van der Waals surface area (Å²) in [4.78, 5) is 6.96. The Balaban J connectivity index is 1.98. The Morgan fingerprint density at radius 3 is 2.90 bits per heavy atom. The van der Waals surface area contributed by atoms with Crippen molar-refractivity contribution in [2.24, 2.45) is 11.8 Å². The number of halogens is 1. The van der Waals surface area contributed by atoms with Crippen LogP contribution in [0.1, 0.15) is 45.6 Å². The maximum atomic E-state index is 6.46. The molecule has 1 atom stereocenters. The average molecular weight is 310 g/mol. The number of pyridine rings is 1. The minimum absolute atomic E-state index is 0.659. The van der Waals surface area contributed by atoms with Gasteiger partial charge in [0, 0.05) is 25.8 Å². The first-order valence-corrected chi connectivity index (χ1v) is 8.54. The van der Waals surface area contributed by atoms with E-state index in [2.05, 4.69) is 42.0 Å².